The molecule has 0 bridgehead atoms. The number of nitrogens with one attached hydrogen (secondary N) is 1. The van der Waals surface area contributed by atoms with Gasteiger partial charge in [-0.3, -0.25) is 9.78 Å². The molecule has 98 valence electrons. The minimum atomic E-state index is -1.20. The number of pyridine rings is 1. The summed E-state index contributed by atoms with van der Waals surface area (Å²) in [7, 11) is 0. The van der Waals surface area contributed by atoms with Crippen LogP contribution in [0.5, 0.6) is 0 Å². The summed E-state index contributed by atoms with van der Waals surface area (Å²) >= 11 is 1.05. The summed E-state index contributed by atoms with van der Waals surface area (Å²) in [5, 5.41) is 12.4. The van der Waals surface area contributed by atoms with Gasteiger partial charge in [-0.05, 0) is 17.7 Å². The van der Waals surface area contributed by atoms with Gasteiger partial charge in [0, 0.05) is 25.9 Å². The lowest BCUT2D eigenvalue weighted by atomic mass is 10.3. The van der Waals surface area contributed by atoms with E-state index in [0.717, 1.165) is 16.9 Å². The van der Waals surface area contributed by atoms with Crippen molar-refractivity contribution in [2.24, 2.45) is 0 Å². The van der Waals surface area contributed by atoms with E-state index in [2.05, 4.69) is 15.3 Å². The Morgan fingerprint density at radius 1 is 1.37 bits per heavy atom. The highest BCUT2D eigenvalue weighted by Gasteiger charge is 2.20. The van der Waals surface area contributed by atoms with Gasteiger partial charge in [0.1, 0.15) is 4.88 Å². The third kappa shape index (κ3) is 3.14. The first-order chi connectivity index (χ1) is 9.08. The number of ketones is 1. The van der Waals surface area contributed by atoms with Crippen molar-refractivity contribution in [3.8, 4) is 0 Å². The van der Waals surface area contributed by atoms with Crippen LogP contribution in [0.1, 0.15) is 32.6 Å². The van der Waals surface area contributed by atoms with Gasteiger partial charge in [0.05, 0.1) is 0 Å². The highest BCUT2D eigenvalue weighted by molar-refractivity contribution is 7.17. The smallest absolute Gasteiger partial charge is 0.356 e. The van der Waals surface area contributed by atoms with Crippen molar-refractivity contribution in [2.75, 3.05) is 5.32 Å². The average molecular weight is 277 g/mol. The predicted octanol–water partition coefficient (Wildman–Crippen LogP) is 2.05. The Morgan fingerprint density at radius 3 is 2.58 bits per heavy atom. The summed E-state index contributed by atoms with van der Waals surface area (Å²) in [6, 6.07) is 3.68. The van der Waals surface area contributed by atoms with Crippen molar-refractivity contribution in [3.63, 3.8) is 0 Å². The van der Waals surface area contributed by atoms with Gasteiger partial charge in [-0.25, -0.2) is 9.78 Å². The molecule has 0 saturated carbocycles. The number of hydrogen-bond acceptors (Lipinski definition) is 6. The Balaban J connectivity index is 2.15. The van der Waals surface area contributed by atoms with Crippen LogP contribution in [0, 0.1) is 0 Å². The summed E-state index contributed by atoms with van der Waals surface area (Å²) in [5.41, 5.74) is 0.793. The zero-order chi connectivity index (χ0) is 13.8. The fourth-order valence-corrected chi connectivity index (χ4v) is 2.31. The molecule has 0 atom stereocenters. The van der Waals surface area contributed by atoms with E-state index < -0.39 is 5.97 Å². The van der Waals surface area contributed by atoms with Crippen LogP contribution in [0.25, 0.3) is 0 Å². The monoisotopic (exact) mass is 277 g/mol. The second-order valence-electron chi connectivity index (χ2n) is 3.77. The number of carbonyl (C=O) groups is 2. The highest BCUT2D eigenvalue weighted by atomic mass is 32.1. The molecular formula is C12H11N3O3S. The van der Waals surface area contributed by atoms with Crippen molar-refractivity contribution in [2.45, 2.75) is 13.5 Å². The SMILES string of the molecule is CC(=O)c1sc(NCc2ccncc2)nc1C(=O)O. The lowest BCUT2D eigenvalue weighted by Gasteiger charge is -2.01. The number of Topliss-reactive ketones (excluding diaryl/α,β-unsaturated/α-hetero) is 1. The van der Waals surface area contributed by atoms with Crippen LogP contribution >= 0.6 is 11.3 Å². The highest BCUT2D eigenvalue weighted by Crippen LogP contribution is 2.24. The molecule has 0 saturated heterocycles. The fourth-order valence-electron chi connectivity index (χ4n) is 1.46. The molecule has 0 aliphatic rings. The van der Waals surface area contributed by atoms with Gasteiger partial charge in [0.2, 0.25) is 0 Å². The van der Waals surface area contributed by atoms with Crippen molar-refractivity contribution < 1.29 is 14.7 Å². The lowest BCUT2D eigenvalue weighted by Crippen LogP contribution is -2.04. The van der Waals surface area contributed by atoms with Crippen LogP contribution in [0.3, 0.4) is 0 Å². The summed E-state index contributed by atoms with van der Waals surface area (Å²) in [5.74, 6) is -1.50. The minimum absolute atomic E-state index is 0.157. The summed E-state index contributed by atoms with van der Waals surface area (Å²) in [6.07, 6.45) is 3.34. The lowest BCUT2D eigenvalue weighted by molar-refractivity contribution is 0.0687. The molecule has 2 aromatic rings. The number of thiazole rings is 1. The van der Waals surface area contributed by atoms with Gasteiger partial charge >= 0.3 is 5.97 Å². The third-order valence-corrected chi connectivity index (χ3v) is 3.46. The van der Waals surface area contributed by atoms with E-state index in [4.69, 9.17) is 5.11 Å². The van der Waals surface area contributed by atoms with E-state index in [1.54, 1.807) is 12.4 Å². The molecule has 7 heteroatoms. The molecule has 0 fully saturated rings. The topological polar surface area (TPSA) is 92.2 Å². The van der Waals surface area contributed by atoms with Gasteiger partial charge in [-0.2, -0.15) is 0 Å². The predicted molar refractivity (Wildman–Crippen MR) is 70.6 cm³/mol. The van der Waals surface area contributed by atoms with Gasteiger partial charge in [0.25, 0.3) is 0 Å². The van der Waals surface area contributed by atoms with E-state index in [1.165, 1.54) is 6.92 Å². The van der Waals surface area contributed by atoms with E-state index >= 15 is 0 Å². The number of aromatic carboxylic acids is 1. The molecule has 0 spiro atoms. The Labute approximate surface area is 113 Å². The second-order valence-corrected chi connectivity index (χ2v) is 4.77. The van der Waals surface area contributed by atoms with E-state index in [0.29, 0.717) is 11.7 Å². The number of nitrogens with zero attached hydrogens (tertiary/aromatic N) is 2. The molecule has 0 radical (unpaired) electrons. The van der Waals surface area contributed by atoms with Crippen LogP contribution in [0.2, 0.25) is 0 Å². The average Bonchev–Trinajstić information content (AvgIpc) is 2.82. The van der Waals surface area contributed by atoms with E-state index in [-0.39, 0.29) is 16.4 Å². The number of carboxylic acid groups (broad SMARTS) is 1. The molecule has 2 aromatic heterocycles. The quantitative estimate of drug-likeness (QED) is 0.813. The molecule has 6 nitrogen and oxygen atoms in total. The summed E-state index contributed by atoms with van der Waals surface area (Å²) in [6.45, 7) is 1.82. The maximum Gasteiger partial charge on any atom is 0.356 e. The third-order valence-electron chi connectivity index (χ3n) is 2.34. The maximum absolute atomic E-state index is 11.3. The van der Waals surface area contributed by atoms with E-state index in [9.17, 15) is 9.59 Å². The van der Waals surface area contributed by atoms with Gasteiger partial charge in [-0.15, -0.1) is 0 Å². The van der Waals surface area contributed by atoms with Gasteiger partial charge < -0.3 is 10.4 Å². The maximum atomic E-state index is 11.3. The Morgan fingerprint density at radius 2 is 2.05 bits per heavy atom. The molecule has 0 aliphatic carbocycles. The number of rotatable bonds is 5. The van der Waals surface area contributed by atoms with Gasteiger partial charge in [-0.1, -0.05) is 11.3 Å². The Bertz CT molecular complexity index is 578. The molecule has 0 aromatic carbocycles. The number of aromatic nitrogens is 2. The Kier molecular flexibility index (Phi) is 3.86. The summed E-state index contributed by atoms with van der Waals surface area (Å²) in [4.78, 5) is 30.3. The standard InChI is InChI=1S/C12H11N3O3S/c1-7(16)10-9(11(17)18)15-12(19-10)14-6-8-2-4-13-5-3-8/h2-5H,6H2,1H3,(H,14,15)(H,17,18). The van der Waals surface area contributed by atoms with Crippen LogP contribution in [-0.4, -0.2) is 26.8 Å². The zero-order valence-electron chi connectivity index (χ0n) is 10.1. The molecule has 2 heterocycles. The van der Waals surface area contributed by atoms with Crippen LogP contribution in [-0.2, 0) is 6.54 Å². The first-order valence-corrected chi connectivity index (χ1v) is 6.27. The van der Waals surface area contributed by atoms with Crippen molar-refractivity contribution in [3.05, 3.63) is 40.7 Å². The number of carbonyl (C=O) groups excluding carboxylic acids is 1. The number of anilines is 1. The number of hydrogen-bond donors (Lipinski definition) is 2. The van der Waals surface area contributed by atoms with Gasteiger partial charge in [0.15, 0.2) is 16.6 Å². The van der Waals surface area contributed by atoms with Crippen molar-refractivity contribution >= 4 is 28.2 Å². The van der Waals surface area contributed by atoms with Crippen LogP contribution in [0.4, 0.5) is 5.13 Å². The number of carboxylic acids is 1. The first kappa shape index (κ1) is 13.2. The fraction of sp³-hybridized carbons (Fsp3) is 0.167. The first-order valence-electron chi connectivity index (χ1n) is 5.45. The van der Waals surface area contributed by atoms with Crippen LogP contribution < -0.4 is 5.32 Å². The summed E-state index contributed by atoms with van der Waals surface area (Å²) < 4.78 is 0. The zero-order valence-corrected chi connectivity index (χ0v) is 10.9. The molecule has 2 rings (SSSR count). The normalized spacial score (nSPS) is 10.2. The molecule has 0 amide bonds. The molecule has 0 unspecified atom stereocenters. The van der Waals surface area contributed by atoms with Crippen molar-refractivity contribution in [1.29, 1.82) is 0 Å². The molecule has 2 N–H and O–H groups in total. The molecular weight excluding hydrogens is 266 g/mol. The molecule has 0 aliphatic heterocycles. The second kappa shape index (κ2) is 5.57. The Hall–Kier alpha value is -2.28. The van der Waals surface area contributed by atoms with Crippen molar-refractivity contribution in [1.82, 2.24) is 9.97 Å². The molecule has 19 heavy (non-hydrogen) atoms. The van der Waals surface area contributed by atoms with E-state index in [1.807, 2.05) is 12.1 Å². The minimum Gasteiger partial charge on any atom is -0.476 e. The largest absolute Gasteiger partial charge is 0.476 e. The van der Waals surface area contributed by atoms with Crippen LogP contribution in [0.15, 0.2) is 24.5 Å².